The van der Waals surface area contributed by atoms with Crippen molar-refractivity contribution in [2.75, 3.05) is 6.54 Å². The average Bonchev–Trinajstić information content (AvgIpc) is 3.48. The second-order valence-electron chi connectivity index (χ2n) is 10.1. The van der Waals surface area contributed by atoms with Gasteiger partial charge in [0.15, 0.2) is 0 Å². The van der Waals surface area contributed by atoms with E-state index < -0.39 is 47.2 Å². The normalized spacial score (nSPS) is 16.3. The third-order valence-corrected chi connectivity index (χ3v) is 7.44. The largest absolute Gasteiger partial charge is 0.480 e. The van der Waals surface area contributed by atoms with Crippen LogP contribution in [-0.4, -0.2) is 56.0 Å². The molecule has 4 aromatic rings. The van der Waals surface area contributed by atoms with Crippen molar-refractivity contribution in [2.24, 2.45) is 0 Å². The van der Waals surface area contributed by atoms with Gasteiger partial charge in [-0.25, -0.2) is 14.2 Å². The van der Waals surface area contributed by atoms with Gasteiger partial charge in [0.25, 0.3) is 5.56 Å². The van der Waals surface area contributed by atoms with E-state index in [2.05, 4.69) is 10.3 Å². The maximum Gasteiger partial charge on any atom is 0.329 e. The molecule has 10 heteroatoms. The molecule has 1 aliphatic rings. The van der Waals surface area contributed by atoms with Gasteiger partial charge in [-0.1, -0.05) is 72.8 Å². The van der Waals surface area contributed by atoms with Gasteiger partial charge in [-0.2, -0.15) is 0 Å². The zero-order valence-corrected chi connectivity index (χ0v) is 22.2. The van der Waals surface area contributed by atoms with E-state index >= 15 is 0 Å². The molecule has 3 N–H and O–H groups in total. The van der Waals surface area contributed by atoms with Crippen LogP contribution in [0.5, 0.6) is 0 Å². The van der Waals surface area contributed by atoms with Crippen LogP contribution in [0, 0.1) is 0 Å². The van der Waals surface area contributed by atoms with Crippen LogP contribution in [0.2, 0.25) is 0 Å². The molecule has 1 aliphatic heterocycles. The zero-order valence-electron chi connectivity index (χ0n) is 22.2. The van der Waals surface area contributed by atoms with Crippen LogP contribution in [0.15, 0.2) is 94.5 Å². The van der Waals surface area contributed by atoms with E-state index in [1.165, 1.54) is 4.90 Å². The lowest BCUT2D eigenvalue weighted by Gasteiger charge is -2.29. The van der Waals surface area contributed by atoms with Gasteiger partial charge in [-0.15, -0.1) is 0 Å². The predicted molar refractivity (Wildman–Crippen MR) is 152 cm³/mol. The van der Waals surface area contributed by atoms with Crippen molar-refractivity contribution in [1.29, 1.82) is 0 Å². The van der Waals surface area contributed by atoms with Gasteiger partial charge in [-0.05, 0) is 36.1 Å². The number of aromatic nitrogens is 2. The second-order valence-corrected chi connectivity index (χ2v) is 10.1. The number of aliphatic carboxylic acids is 1. The highest BCUT2D eigenvalue weighted by Crippen LogP contribution is 2.21. The Kier molecular flexibility index (Phi) is 8.09. The molecule has 3 aromatic carbocycles. The fourth-order valence-corrected chi connectivity index (χ4v) is 5.40. The number of benzene rings is 3. The molecule has 0 unspecified atom stereocenters. The van der Waals surface area contributed by atoms with Crippen molar-refractivity contribution in [3.8, 4) is 0 Å². The van der Waals surface area contributed by atoms with E-state index in [0.717, 1.165) is 10.1 Å². The zero-order chi connectivity index (χ0) is 28.9. The summed E-state index contributed by atoms with van der Waals surface area (Å²) in [6, 6.07) is 21.2. The number of fused-ring (bicyclic) bond motifs is 1. The Hall–Kier alpha value is -4.99. The molecule has 2 amide bonds. The maximum absolute atomic E-state index is 14.0. The average molecular weight is 555 g/mol. The van der Waals surface area contributed by atoms with E-state index in [-0.39, 0.29) is 24.8 Å². The van der Waals surface area contributed by atoms with Gasteiger partial charge in [0, 0.05) is 19.4 Å². The molecule has 210 valence electrons. The molecule has 10 nitrogen and oxygen atoms in total. The van der Waals surface area contributed by atoms with Gasteiger partial charge in [0.05, 0.1) is 10.9 Å². The number of nitrogens with one attached hydrogen (secondary N) is 2. The van der Waals surface area contributed by atoms with E-state index in [9.17, 15) is 29.1 Å². The Morgan fingerprint density at radius 3 is 2.15 bits per heavy atom. The Balaban J connectivity index is 1.54. The lowest BCUT2D eigenvalue weighted by molar-refractivity contribution is -0.149. The number of hydrogen-bond donors (Lipinski definition) is 3. The first kappa shape index (κ1) is 27.6. The van der Waals surface area contributed by atoms with Crippen LogP contribution >= 0.6 is 0 Å². The minimum atomic E-state index is -1.28. The number of hydrogen-bond acceptors (Lipinski definition) is 5. The fourth-order valence-electron chi connectivity index (χ4n) is 5.40. The van der Waals surface area contributed by atoms with Crippen LogP contribution in [-0.2, 0) is 27.2 Å². The molecule has 0 radical (unpaired) electrons. The van der Waals surface area contributed by atoms with Crippen molar-refractivity contribution < 1.29 is 19.5 Å². The highest BCUT2D eigenvalue weighted by atomic mass is 16.4. The number of H-pyrrole nitrogens is 1. The number of aromatic amines is 1. The Bertz CT molecular complexity index is 1680. The van der Waals surface area contributed by atoms with Gasteiger partial charge in [-0.3, -0.25) is 14.4 Å². The third-order valence-electron chi connectivity index (χ3n) is 7.44. The highest BCUT2D eigenvalue weighted by molar-refractivity contribution is 5.92. The molecule has 1 fully saturated rings. The van der Waals surface area contributed by atoms with E-state index in [0.29, 0.717) is 23.9 Å². The SMILES string of the molecule is O=C(O)[C@@H]1CCCN1C(=O)[C@H](Cc1ccccc1)NC(=O)[C@H](Cc1ccccc1)n1c(=O)[nH]c2ccccc2c1=O. The first-order chi connectivity index (χ1) is 19.8. The van der Waals surface area contributed by atoms with Crippen LogP contribution in [0.1, 0.15) is 30.0 Å². The summed E-state index contributed by atoms with van der Waals surface area (Å²) in [5, 5.41) is 12.7. The van der Waals surface area contributed by atoms with Crippen molar-refractivity contribution in [3.05, 3.63) is 117 Å². The predicted octanol–water partition coefficient (Wildman–Crippen LogP) is 2.28. The smallest absolute Gasteiger partial charge is 0.329 e. The summed E-state index contributed by atoms with van der Waals surface area (Å²) in [6.07, 6.45) is 0.982. The van der Waals surface area contributed by atoms with Crippen molar-refractivity contribution in [3.63, 3.8) is 0 Å². The summed E-state index contributed by atoms with van der Waals surface area (Å²) in [5.41, 5.74) is 0.447. The summed E-state index contributed by atoms with van der Waals surface area (Å²) in [6.45, 7) is 0.258. The summed E-state index contributed by atoms with van der Waals surface area (Å²) in [7, 11) is 0. The summed E-state index contributed by atoms with van der Waals surface area (Å²) >= 11 is 0. The number of carboxylic acid groups (broad SMARTS) is 1. The van der Waals surface area contributed by atoms with Crippen molar-refractivity contribution in [2.45, 2.75) is 43.8 Å². The molecule has 2 heterocycles. The van der Waals surface area contributed by atoms with E-state index in [4.69, 9.17) is 0 Å². The third kappa shape index (κ3) is 5.96. The van der Waals surface area contributed by atoms with Crippen LogP contribution in [0.25, 0.3) is 10.9 Å². The fraction of sp³-hybridized carbons (Fsp3) is 0.258. The monoisotopic (exact) mass is 554 g/mol. The standard InChI is InChI=1S/C31H30N4O6/c36-27(32-24(18-20-10-3-1-4-11-20)29(38)34-17-9-16-25(34)30(39)40)26(19-21-12-5-2-6-13-21)35-28(37)22-14-7-8-15-23(22)33-31(35)41/h1-8,10-15,24-26H,9,16-19H2,(H,32,36)(H,33,41)(H,39,40)/t24-,25-,26-/m0/s1. The molecule has 1 saturated heterocycles. The highest BCUT2D eigenvalue weighted by Gasteiger charge is 2.38. The number of para-hydroxylation sites is 1. The Morgan fingerprint density at radius 2 is 1.49 bits per heavy atom. The number of carbonyl (C=O) groups excluding carboxylic acids is 2. The first-order valence-corrected chi connectivity index (χ1v) is 13.5. The number of carboxylic acids is 1. The number of likely N-dealkylation sites (tertiary alicyclic amines) is 1. The van der Waals surface area contributed by atoms with Gasteiger partial charge < -0.3 is 20.3 Å². The molecule has 3 atom stereocenters. The van der Waals surface area contributed by atoms with Gasteiger partial charge in [0.2, 0.25) is 11.8 Å². The van der Waals surface area contributed by atoms with Crippen LogP contribution in [0.3, 0.4) is 0 Å². The number of carbonyl (C=O) groups is 3. The minimum absolute atomic E-state index is 0.0156. The molecule has 0 bridgehead atoms. The molecule has 41 heavy (non-hydrogen) atoms. The summed E-state index contributed by atoms with van der Waals surface area (Å²) < 4.78 is 0.893. The Morgan fingerprint density at radius 1 is 0.878 bits per heavy atom. The first-order valence-electron chi connectivity index (χ1n) is 13.5. The van der Waals surface area contributed by atoms with E-state index in [1.54, 1.807) is 60.7 Å². The molecule has 5 rings (SSSR count). The maximum atomic E-state index is 14.0. The molecule has 0 spiro atoms. The Labute approximate surface area is 235 Å². The number of amides is 2. The van der Waals surface area contributed by atoms with Gasteiger partial charge in [0.1, 0.15) is 18.1 Å². The molecule has 0 aliphatic carbocycles. The number of rotatable bonds is 9. The summed E-state index contributed by atoms with van der Waals surface area (Å²) in [4.78, 5) is 70.3. The van der Waals surface area contributed by atoms with Gasteiger partial charge >= 0.3 is 11.7 Å². The minimum Gasteiger partial charge on any atom is -0.480 e. The molecular formula is C31H30N4O6. The van der Waals surface area contributed by atoms with Crippen LogP contribution in [0.4, 0.5) is 0 Å². The second kappa shape index (κ2) is 12.0. The number of nitrogens with zero attached hydrogens (tertiary/aromatic N) is 2. The summed E-state index contributed by atoms with van der Waals surface area (Å²) in [5.74, 6) is -2.32. The molecular weight excluding hydrogens is 524 g/mol. The van der Waals surface area contributed by atoms with Crippen LogP contribution < -0.4 is 16.6 Å². The van der Waals surface area contributed by atoms with Crippen molar-refractivity contribution in [1.82, 2.24) is 19.8 Å². The molecule has 1 aromatic heterocycles. The molecule has 0 saturated carbocycles. The van der Waals surface area contributed by atoms with E-state index in [1.807, 2.05) is 24.3 Å². The topological polar surface area (TPSA) is 142 Å². The quantitative estimate of drug-likeness (QED) is 0.290. The lowest BCUT2D eigenvalue weighted by atomic mass is 10.0. The van der Waals surface area contributed by atoms with Crippen molar-refractivity contribution >= 4 is 28.7 Å². The lowest BCUT2D eigenvalue weighted by Crippen LogP contribution is -2.55.